The Balaban J connectivity index is 2.21. The number of rotatable bonds is 6. The summed E-state index contributed by atoms with van der Waals surface area (Å²) < 4.78 is 5.91. The van der Waals surface area contributed by atoms with Crippen LogP contribution in [0.5, 0.6) is 0 Å². The molecule has 1 unspecified atom stereocenters. The summed E-state index contributed by atoms with van der Waals surface area (Å²) in [4.78, 5) is 0. The molecule has 1 aliphatic carbocycles. The molecule has 0 aromatic carbocycles. The molecule has 1 aliphatic rings. The van der Waals surface area contributed by atoms with Gasteiger partial charge in [0.2, 0.25) is 0 Å². The van der Waals surface area contributed by atoms with Gasteiger partial charge in [0.15, 0.2) is 0 Å². The van der Waals surface area contributed by atoms with E-state index >= 15 is 0 Å². The van der Waals surface area contributed by atoms with Gasteiger partial charge in [-0.2, -0.15) is 0 Å². The molecule has 1 fully saturated rings. The lowest BCUT2D eigenvalue weighted by atomic mass is 9.76. The Kier molecular flexibility index (Phi) is 5.90. The fourth-order valence-corrected chi connectivity index (χ4v) is 2.42. The number of hydrogen-bond acceptors (Lipinski definition) is 3. The van der Waals surface area contributed by atoms with Crippen LogP contribution in [0.15, 0.2) is 0 Å². The molecule has 3 nitrogen and oxygen atoms in total. The average molecular weight is 243 g/mol. The predicted octanol–water partition coefficient (Wildman–Crippen LogP) is 2.33. The summed E-state index contributed by atoms with van der Waals surface area (Å²) in [5.41, 5.74) is 0.492. The largest absolute Gasteiger partial charge is 0.395 e. The zero-order valence-electron chi connectivity index (χ0n) is 11.8. The smallest absolute Gasteiger partial charge is 0.0645 e. The molecule has 1 atom stereocenters. The van der Waals surface area contributed by atoms with Gasteiger partial charge in [-0.1, -0.05) is 27.7 Å². The molecule has 1 saturated carbocycles. The lowest BCUT2D eigenvalue weighted by Crippen LogP contribution is -2.42. The maximum atomic E-state index is 9.24. The minimum atomic E-state index is 0.0740. The maximum absolute atomic E-state index is 9.24. The summed E-state index contributed by atoms with van der Waals surface area (Å²) in [6.45, 7) is 9.62. The SMILES string of the molecule is CC(C)NC(CO)COC1CCC(C)(C)CC1. The minimum Gasteiger partial charge on any atom is -0.395 e. The highest BCUT2D eigenvalue weighted by atomic mass is 16.5. The molecule has 0 bridgehead atoms. The molecule has 0 spiro atoms. The molecule has 3 heteroatoms. The monoisotopic (exact) mass is 243 g/mol. The Bertz CT molecular complexity index is 206. The van der Waals surface area contributed by atoms with Crippen LogP contribution in [0, 0.1) is 5.41 Å². The molecular weight excluding hydrogens is 214 g/mol. The first-order valence-electron chi connectivity index (χ1n) is 6.91. The van der Waals surface area contributed by atoms with E-state index in [4.69, 9.17) is 4.74 Å². The molecule has 1 rings (SSSR count). The van der Waals surface area contributed by atoms with E-state index in [1.54, 1.807) is 0 Å². The molecule has 17 heavy (non-hydrogen) atoms. The van der Waals surface area contributed by atoms with Gasteiger partial charge >= 0.3 is 0 Å². The van der Waals surface area contributed by atoms with Crippen LogP contribution in [-0.4, -0.2) is 36.5 Å². The van der Waals surface area contributed by atoms with Crippen LogP contribution in [0.4, 0.5) is 0 Å². The van der Waals surface area contributed by atoms with Gasteiger partial charge in [-0.05, 0) is 31.1 Å². The molecule has 102 valence electrons. The van der Waals surface area contributed by atoms with E-state index in [1.165, 1.54) is 12.8 Å². The Morgan fingerprint density at radius 2 is 1.88 bits per heavy atom. The van der Waals surface area contributed by atoms with E-state index in [0.717, 1.165) is 12.8 Å². The highest BCUT2D eigenvalue weighted by Gasteiger charge is 2.27. The van der Waals surface area contributed by atoms with Gasteiger partial charge < -0.3 is 15.2 Å². The fourth-order valence-electron chi connectivity index (χ4n) is 2.42. The number of ether oxygens (including phenoxy) is 1. The topological polar surface area (TPSA) is 41.5 Å². The first-order chi connectivity index (χ1) is 7.93. The van der Waals surface area contributed by atoms with Crippen LogP contribution in [-0.2, 0) is 4.74 Å². The summed E-state index contributed by atoms with van der Waals surface area (Å²) in [5.74, 6) is 0. The van der Waals surface area contributed by atoms with Gasteiger partial charge in [-0.25, -0.2) is 0 Å². The van der Waals surface area contributed by atoms with E-state index in [1.807, 2.05) is 0 Å². The highest BCUT2D eigenvalue weighted by molar-refractivity contribution is 4.79. The summed E-state index contributed by atoms with van der Waals surface area (Å²) >= 11 is 0. The first kappa shape index (κ1) is 14.9. The van der Waals surface area contributed by atoms with Gasteiger partial charge in [0.1, 0.15) is 0 Å². The van der Waals surface area contributed by atoms with Crippen LogP contribution in [0.1, 0.15) is 53.4 Å². The van der Waals surface area contributed by atoms with Crippen molar-refractivity contribution in [1.82, 2.24) is 5.32 Å². The fraction of sp³-hybridized carbons (Fsp3) is 1.00. The number of hydrogen-bond donors (Lipinski definition) is 2. The van der Waals surface area contributed by atoms with Gasteiger partial charge in [-0.15, -0.1) is 0 Å². The van der Waals surface area contributed by atoms with Crippen molar-refractivity contribution in [3.05, 3.63) is 0 Å². The van der Waals surface area contributed by atoms with Crippen LogP contribution < -0.4 is 5.32 Å². The quantitative estimate of drug-likeness (QED) is 0.752. The number of aliphatic hydroxyl groups is 1. The predicted molar refractivity (Wildman–Crippen MR) is 71.1 cm³/mol. The van der Waals surface area contributed by atoms with E-state index in [9.17, 15) is 5.11 Å². The summed E-state index contributed by atoms with van der Waals surface area (Å²) in [5, 5.41) is 12.6. The first-order valence-corrected chi connectivity index (χ1v) is 6.91. The van der Waals surface area contributed by atoms with Gasteiger partial charge in [0.05, 0.1) is 25.4 Å². The summed E-state index contributed by atoms with van der Waals surface area (Å²) in [6.07, 6.45) is 5.21. The second-order valence-electron chi connectivity index (χ2n) is 6.40. The molecule has 0 amide bonds. The van der Waals surface area contributed by atoms with Crippen molar-refractivity contribution in [3.63, 3.8) is 0 Å². The van der Waals surface area contributed by atoms with E-state index in [-0.39, 0.29) is 12.6 Å². The molecule has 2 N–H and O–H groups in total. The van der Waals surface area contributed by atoms with Crippen molar-refractivity contribution >= 4 is 0 Å². The van der Waals surface area contributed by atoms with Gasteiger partial charge in [0, 0.05) is 6.04 Å². The Morgan fingerprint density at radius 1 is 1.29 bits per heavy atom. The minimum absolute atomic E-state index is 0.0740. The molecular formula is C14H29NO2. The van der Waals surface area contributed by atoms with Gasteiger partial charge in [0.25, 0.3) is 0 Å². The van der Waals surface area contributed by atoms with Crippen LogP contribution in [0.3, 0.4) is 0 Å². The third-order valence-corrected chi connectivity index (χ3v) is 3.61. The Labute approximate surface area is 106 Å². The van der Waals surface area contributed by atoms with Crippen molar-refractivity contribution in [2.45, 2.75) is 71.6 Å². The van der Waals surface area contributed by atoms with E-state index in [0.29, 0.717) is 24.2 Å². The second kappa shape index (κ2) is 6.72. The molecule has 0 radical (unpaired) electrons. The highest BCUT2D eigenvalue weighted by Crippen LogP contribution is 2.36. The molecule has 0 saturated heterocycles. The van der Waals surface area contributed by atoms with Crippen LogP contribution >= 0.6 is 0 Å². The van der Waals surface area contributed by atoms with E-state index in [2.05, 4.69) is 33.0 Å². The van der Waals surface area contributed by atoms with Crippen molar-refractivity contribution in [1.29, 1.82) is 0 Å². The second-order valence-corrected chi connectivity index (χ2v) is 6.40. The van der Waals surface area contributed by atoms with Crippen molar-refractivity contribution < 1.29 is 9.84 Å². The zero-order chi connectivity index (χ0) is 12.9. The van der Waals surface area contributed by atoms with Crippen molar-refractivity contribution in [2.75, 3.05) is 13.2 Å². The molecule has 0 aromatic rings. The average Bonchev–Trinajstić information content (AvgIpc) is 2.25. The standard InChI is InChI=1S/C14H29NO2/c1-11(2)15-12(9-16)10-17-13-5-7-14(3,4)8-6-13/h11-13,15-16H,5-10H2,1-4H3. The molecule has 0 heterocycles. The number of nitrogens with one attached hydrogen (secondary N) is 1. The van der Waals surface area contributed by atoms with Crippen molar-refractivity contribution in [2.24, 2.45) is 5.41 Å². The third kappa shape index (κ3) is 5.84. The Morgan fingerprint density at radius 3 is 2.35 bits per heavy atom. The molecule has 0 aliphatic heterocycles. The van der Waals surface area contributed by atoms with E-state index < -0.39 is 0 Å². The third-order valence-electron chi connectivity index (χ3n) is 3.61. The normalized spacial score (nSPS) is 22.9. The van der Waals surface area contributed by atoms with Crippen LogP contribution in [0.25, 0.3) is 0 Å². The lowest BCUT2D eigenvalue weighted by Gasteiger charge is -2.34. The van der Waals surface area contributed by atoms with Crippen molar-refractivity contribution in [3.8, 4) is 0 Å². The number of aliphatic hydroxyl groups excluding tert-OH is 1. The summed E-state index contributed by atoms with van der Waals surface area (Å²) in [6, 6.07) is 0.464. The lowest BCUT2D eigenvalue weighted by molar-refractivity contribution is -0.0129. The zero-order valence-corrected chi connectivity index (χ0v) is 11.8. The molecule has 0 aromatic heterocycles. The van der Waals surface area contributed by atoms with Crippen LogP contribution in [0.2, 0.25) is 0 Å². The maximum Gasteiger partial charge on any atom is 0.0645 e. The van der Waals surface area contributed by atoms with Gasteiger partial charge in [-0.3, -0.25) is 0 Å². The Hall–Kier alpha value is -0.120. The summed E-state index contributed by atoms with van der Waals surface area (Å²) in [7, 11) is 0.